The zero-order valence-electron chi connectivity index (χ0n) is 15.1. The van der Waals surface area contributed by atoms with Gasteiger partial charge in [0.2, 0.25) is 0 Å². The Morgan fingerprint density at radius 2 is 1.93 bits per heavy atom. The van der Waals surface area contributed by atoms with E-state index in [-0.39, 0.29) is 23.0 Å². The smallest absolute Gasteiger partial charge is 0.282 e. The van der Waals surface area contributed by atoms with Gasteiger partial charge in [-0.25, -0.2) is 4.39 Å². The first-order chi connectivity index (χ1) is 12.9. The summed E-state index contributed by atoms with van der Waals surface area (Å²) in [4.78, 5) is 13.8. The van der Waals surface area contributed by atoms with Gasteiger partial charge in [-0.2, -0.15) is 0 Å². The molecule has 0 spiro atoms. The highest BCUT2D eigenvalue weighted by Gasteiger charge is 2.26. The molecule has 3 rings (SSSR count). The number of aryl methyl sites for hydroxylation is 1. The molecule has 1 amide bonds. The topological polar surface area (TPSA) is 45.7 Å². The van der Waals surface area contributed by atoms with Gasteiger partial charge in [-0.1, -0.05) is 47.5 Å². The standard InChI is InChI=1S/C21H20ClFN2OS/c1-13-5-7-15(8-6-13)20(19-4-3-11-27-19)24-14(2)21(26)25-18-10-9-16(23)12-17(18)22/h3-12,14,20,24H,1-2H3,(H,25,26)/p+1/t14-,20-/m1/s1. The van der Waals surface area contributed by atoms with E-state index in [1.54, 1.807) is 11.3 Å². The van der Waals surface area contributed by atoms with Gasteiger partial charge in [-0.15, -0.1) is 11.3 Å². The van der Waals surface area contributed by atoms with Crippen LogP contribution in [0.25, 0.3) is 0 Å². The SMILES string of the molecule is Cc1ccc([C@@H]([NH2+][C@H](C)C(=O)Nc2ccc(F)cc2Cl)c2cccs2)cc1. The van der Waals surface area contributed by atoms with Crippen molar-refractivity contribution in [1.82, 2.24) is 0 Å². The molecule has 3 nitrogen and oxygen atoms in total. The van der Waals surface area contributed by atoms with Crippen molar-refractivity contribution in [2.45, 2.75) is 25.9 Å². The molecule has 0 bridgehead atoms. The van der Waals surface area contributed by atoms with E-state index in [4.69, 9.17) is 11.6 Å². The second kappa shape index (κ2) is 8.65. The summed E-state index contributed by atoms with van der Waals surface area (Å²) in [7, 11) is 0. The van der Waals surface area contributed by atoms with E-state index in [1.807, 2.05) is 23.7 Å². The lowest BCUT2D eigenvalue weighted by Gasteiger charge is -2.20. The van der Waals surface area contributed by atoms with Crippen LogP contribution < -0.4 is 10.6 Å². The van der Waals surface area contributed by atoms with Crippen molar-refractivity contribution in [3.05, 3.63) is 86.8 Å². The number of carbonyl (C=O) groups is 1. The first-order valence-electron chi connectivity index (χ1n) is 8.65. The van der Waals surface area contributed by atoms with Crippen molar-refractivity contribution in [2.75, 3.05) is 5.32 Å². The molecule has 0 aliphatic rings. The van der Waals surface area contributed by atoms with Crippen molar-refractivity contribution in [3.8, 4) is 0 Å². The molecule has 0 radical (unpaired) electrons. The molecule has 2 aromatic carbocycles. The molecule has 27 heavy (non-hydrogen) atoms. The highest BCUT2D eigenvalue weighted by Crippen LogP contribution is 2.24. The number of nitrogens with one attached hydrogen (secondary N) is 1. The fourth-order valence-electron chi connectivity index (χ4n) is 2.83. The van der Waals surface area contributed by atoms with Gasteiger partial charge in [0.25, 0.3) is 5.91 Å². The minimum absolute atomic E-state index is 0.0232. The van der Waals surface area contributed by atoms with Gasteiger partial charge in [-0.05, 0) is 43.5 Å². The van der Waals surface area contributed by atoms with Crippen LogP contribution in [0, 0.1) is 12.7 Å². The summed E-state index contributed by atoms with van der Waals surface area (Å²) < 4.78 is 13.2. The van der Waals surface area contributed by atoms with Crippen molar-refractivity contribution < 1.29 is 14.5 Å². The minimum Gasteiger partial charge on any atom is -0.326 e. The number of thiophene rings is 1. The number of amides is 1. The Balaban J connectivity index is 1.76. The predicted octanol–water partition coefficient (Wildman–Crippen LogP) is 4.53. The van der Waals surface area contributed by atoms with Crippen LogP contribution in [0.4, 0.5) is 10.1 Å². The number of hydrogen-bond donors (Lipinski definition) is 2. The zero-order chi connectivity index (χ0) is 19.4. The number of quaternary nitrogens is 1. The second-order valence-corrected chi connectivity index (χ2v) is 7.88. The summed E-state index contributed by atoms with van der Waals surface area (Å²) in [5, 5.41) is 7.03. The Kier molecular flexibility index (Phi) is 6.26. The van der Waals surface area contributed by atoms with Gasteiger partial charge in [-0.3, -0.25) is 4.79 Å². The fraction of sp³-hybridized carbons (Fsp3) is 0.190. The first kappa shape index (κ1) is 19.5. The maximum Gasteiger partial charge on any atom is 0.282 e. The number of carbonyl (C=O) groups excluding carboxylic acids is 1. The van der Waals surface area contributed by atoms with Crippen LogP contribution in [-0.2, 0) is 4.79 Å². The molecule has 140 valence electrons. The van der Waals surface area contributed by atoms with Gasteiger partial charge in [0.15, 0.2) is 6.04 Å². The maximum atomic E-state index is 13.2. The van der Waals surface area contributed by atoms with E-state index in [2.05, 4.69) is 42.6 Å². The fourth-order valence-corrected chi connectivity index (χ4v) is 3.87. The normalized spacial score (nSPS) is 13.2. The summed E-state index contributed by atoms with van der Waals surface area (Å²) in [6, 6.07) is 16.0. The molecule has 0 aliphatic carbocycles. The molecular formula is C21H21ClFN2OS+. The molecule has 3 N–H and O–H groups in total. The summed E-state index contributed by atoms with van der Waals surface area (Å²) in [6.45, 7) is 3.90. The maximum absolute atomic E-state index is 13.2. The highest BCUT2D eigenvalue weighted by molar-refractivity contribution is 7.10. The largest absolute Gasteiger partial charge is 0.326 e. The summed E-state index contributed by atoms with van der Waals surface area (Å²) >= 11 is 7.68. The van der Waals surface area contributed by atoms with Crippen LogP contribution in [0.15, 0.2) is 60.0 Å². The average Bonchev–Trinajstić information content (AvgIpc) is 3.17. The molecule has 0 saturated carbocycles. The summed E-state index contributed by atoms with van der Waals surface area (Å²) in [5.41, 5.74) is 2.74. The molecule has 0 saturated heterocycles. The van der Waals surface area contributed by atoms with Crippen molar-refractivity contribution >= 4 is 34.5 Å². The molecule has 1 aromatic heterocycles. The van der Waals surface area contributed by atoms with Crippen LogP contribution in [-0.4, -0.2) is 11.9 Å². The zero-order valence-corrected chi connectivity index (χ0v) is 16.7. The number of benzene rings is 2. The third-order valence-corrected chi connectivity index (χ3v) is 5.64. The van der Waals surface area contributed by atoms with Crippen LogP contribution in [0.2, 0.25) is 5.02 Å². The second-order valence-electron chi connectivity index (χ2n) is 6.50. The lowest BCUT2D eigenvalue weighted by molar-refractivity contribution is -0.703. The van der Waals surface area contributed by atoms with Gasteiger partial charge in [0, 0.05) is 5.56 Å². The number of hydrogen-bond acceptors (Lipinski definition) is 2. The molecule has 0 aliphatic heterocycles. The third kappa shape index (κ3) is 4.95. The van der Waals surface area contributed by atoms with Crippen molar-refractivity contribution in [3.63, 3.8) is 0 Å². The van der Waals surface area contributed by atoms with Crippen molar-refractivity contribution in [2.24, 2.45) is 0 Å². The molecule has 6 heteroatoms. The average molecular weight is 404 g/mol. The Morgan fingerprint density at radius 3 is 2.56 bits per heavy atom. The Morgan fingerprint density at radius 1 is 1.19 bits per heavy atom. The molecular weight excluding hydrogens is 383 g/mol. The Labute approximate surface area is 167 Å². The quantitative estimate of drug-likeness (QED) is 0.624. The van der Waals surface area contributed by atoms with E-state index >= 15 is 0 Å². The van der Waals surface area contributed by atoms with Gasteiger partial charge in [0.1, 0.15) is 11.9 Å². The number of nitrogens with two attached hydrogens (primary N) is 1. The van der Waals surface area contributed by atoms with Crippen LogP contribution in [0.1, 0.15) is 29.0 Å². The van der Waals surface area contributed by atoms with E-state index in [9.17, 15) is 9.18 Å². The van der Waals surface area contributed by atoms with Gasteiger partial charge < -0.3 is 10.6 Å². The predicted molar refractivity (Wildman–Crippen MR) is 109 cm³/mol. The number of rotatable bonds is 6. The summed E-state index contributed by atoms with van der Waals surface area (Å²) in [6.07, 6.45) is 0. The number of anilines is 1. The first-order valence-corrected chi connectivity index (χ1v) is 9.90. The van der Waals surface area contributed by atoms with Crippen LogP contribution >= 0.6 is 22.9 Å². The lowest BCUT2D eigenvalue weighted by Crippen LogP contribution is -2.92. The van der Waals surface area contributed by atoms with E-state index in [1.165, 1.54) is 28.6 Å². The molecule has 3 aromatic rings. The lowest BCUT2D eigenvalue weighted by atomic mass is 10.0. The number of halogens is 2. The highest BCUT2D eigenvalue weighted by atomic mass is 35.5. The third-order valence-electron chi connectivity index (χ3n) is 4.37. The van der Waals surface area contributed by atoms with Crippen LogP contribution in [0.3, 0.4) is 0 Å². The molecule has 0 unspecified atom stereocenters. The molecule has 1 heterocycles. The minimum atomic E-state index is -0.435. The van der Waals surface area contributed by atoms with E-state index < -0.39 is 5.82 Å². The Bertz CT molecular complexity index is 912. The summed E-state index contributed by atoms with van der Waals surface area (Å²) in [5.74, 6) is -0.619. The van der Waals surface area contributed by atoms with Gasteiger partial charge in [0.05, 0.1) is 15.6 Å². The van der Waals surface area contributed by atoms with E-state index in [0.717, 1.165) is 5.56 Å². The Hall–Kier alpha value is -2.21. The van der Waals surface area contributed by atoms with Crippen molar-refractivity contribution in [1.29, 1.82) is 0 Å². The molecule has 0 fully saturated rings. The van der Waals surface area contributed by atoms with E-state index in [0.29, 0.717) is 5.69 Å². The molecule has 2 atom stereocenters. The van der Waals surface area contributed by atoms with Gasteiger partial charge >= 0.3 is 0 Å². The monoisotopic (exact) mass is 403 g/mol. The van der Waals surface area contributed by atoms with Crippen LogP contribution in [0.5, 0.6) is 0 Å².